The number of halogens is 1. The van der Waals surface area contributed by atoms with Crippen LogP contribution in [0, 0.1) is 0 Å². The van der Waals surface area contributed by atoms with E-state index in [1.165, 1.54) is 11.6 Å². The molecule has 0 saturated heterocycles. The summed E-state index contributed by atoms with van der Waals surface area (Å²) in [5, 5.41) is 8.33. The number of anilines is 1. The molecule has 1 N–H and O–H groups in total. The summed E-state index contributed by atoms with van der Waals surface area (Å²) in [6.45, 7) is 7.43. The highest BCUT2D eigenvalue weighted by Gasteiger charge is 2.21. The number of rotatable bonds is 5. The van der Waals surface area contributed by atoms with Gasteiger partial charge in [-0.3, -0.25) is 0 Å². The summed E-state index contributed by atoms with van der Waals surface area (Å²) in [5.41, 5.74) is 1.24. The van der Waals surface area contributed by atoms with Gasteiger partial charge in [0.2, 0.25) is 5.95 Å². The number of hydrogen-bond donors (Lipinski definition) is 1. The molecule has 0 aliphatic rings. The second-order valence-electron chi connectivity index (χ2n) is 7.42. The Kier molecular flexibility index (Phi) is 5.47. The first-order valence-electron chi connectivity index (χ1n) is 8.86. The molecule has 1 unspecified atom stereocenters. The standard InChI is InChI=1S/C20H23ClN4O3/c1-12(13-7-6-8-15(21)9-13)22-19-23-17-16(27-5)10-14(11-25(17)24-19)18(26)28-20(2,3)4/h6-12H,1-5H3,(H,22,24). The molecule has 1 aromatic carbocycles. The highest BCUT2D eigenvalue weighted by atomic mass is 35.5. The molecule has 0 bridgehead atoms. The van der Waals surface area contributed by atoms with Crippen LogP contribution >= 0.6 is 11.6 Å². The zero-order valence-electron chi connectivity index (χ0n) is 16.5. The van der Waals surface area contributed by atoms with Gasteiger partial charge in [-0.15, -0.1) is 5.10 Å². The van der Waals surface area contributed by atoms with E-state index in [2.05, 4.69) is 15.4 Å². The zero-order chi connectivity index (χ0) is 20.5. The monoisotopic (exact) mass is 402 g/mol. The van der Waals surface area contributed by atoms with Crippen LogP contribution in [0.3, 0.4) is 0 Å². The van der Waals surface area contributed by atoms with Crippen molar-refractivity contribution in [2.45, 2.75) is 39.3 Å². The predicted molar refractivity (Wildman–Crippen MR) is 108 cm³/mol. The van der Waals surface area contributed by atoms with Crippen LogP contribution in [0.15, 0.2) is 36.5 Å². The maximum Gasteiger partial charge on any atom is 0.340 e. The van der Waals surface area contributed by atoms with E-state index in [-0.39, 0.29) is 6.04 Å². The number of pyridine rings is 1. The topological polar surface area (TPSA) is 77.8 Å². The number of nitrogens with one attached hydrogen (secondary N) is 1. The fraction of sp³-hybridized carbons (Fsp3) is 0.350. The minimum absolute atomic E-state index is 0.0626. The zero-order valence-corrected chi connectivity index (χ0v) is 17.2. The molecular formula is C20H23ClN4O3. The molecule has 8 heteroatoms. The summed E-state index contributed by atoms with van der Waals surface area (Å²) >= 11 is 6.07. The van der Waals surface area contributed by atoms with Gasteiger partial charge in [0, 0.05) is 17.3 Å². The lowest BCUT2D eigenvalue weighted by atomic mass is 10.1. The number of carbonyl (C=O) groups is 1. The van der Waals surface area contributed by atoms with Crippen LogP contribution in [-0.4, -0.2) is 33.3 Å². The highest BCUT2D eigenvalue weighted by Crippen LogP contribution is 2.25. The lowest BCUT2D eigenvalue weighted by molar-refractivity contribution is 0.00685. The van der Waals surface area contributed by atoms with Gasteiger partial charge in [-0.05, 0) is 45.4 Å². The van der Waals surface area contributed by atoms with Crippen LogP contribution in [0.4, 0.5) is 5.95 Å². The van der Waals surface area contributed by atoms with Gasteiger partial charge >= 0.3 is 5.97 Å². The van der Waals surface area contributed by atoms with Gasteiger partial charge in [-0.2, -0.15) is 4.98 Å². The quantitative estimate of drug-likeness (QED) is 0.632. The average molecular weight is 403 g/mol. The van der Waals surface area contributed by atoms with Gasteiger partial charge < -0.3 is 14.8 Å². The van der Waals surface area contributed by atoms with Gasteiger partial charge in [0.05, 0.1) is 18.7 Å². The Hall–Kier alpha value is -2.80. The van der Waals surface area contributed by atoms with Crippen molar-refractivity contribution < 1.29 is 14.3 Å². The Morgan fingerprint density at radius 3 is 2.68 bits per heavy atom. The van der Waals surface area contributed by atoms with Crippen LogP contribution in [0.5, 0.6) is 5.75 Å². The van der Waals surface area contributed by atoms with Crippen molar-refractivity contribution in [3.63, 3.8) is 0 Å². The van der Waals surface area contributed by atoms with Gasteiger partial charge in [0.25, 0.3) is 0 Å². The number of aromatic nitrogens is 3. The molecule has 0 aliphatic carbocycles. The Balaban J connectivity index is 1.91. The Labute approximate surface area is 168 Å². The molecule has 148 valence electrons. The summed E-state index contributed by atoms with van der Waals surface area (Å²) < 4.78 is 12.3. The van der Waals surface area contributed by atoms with Gasteiger partial charge in [0.15, 0.2) is 11.4 Å². The van der Waals surface area contributed by atoms with Crippen molar-refractivity contribution in [1.29, 1.82) is 0 Å². The van der Waals surface area contributed by atoms with Crippen LogP contribution in [0.25, 0.3) is 5.65 Å². The minimum atomic E-state index is -0.596. The number of carbonyl (C=O) groups excluding carboxylic acids is 1. The lowest BCUT2D eigenvalue weighted by Gasteiger charge is -2.19. The summed E-state index contributed by atoms with van der Waals surface area (Å²) in [4.78, 5) is 16.9. The Morgan fingerprint density at radius 1 is 1.29 bits per heavy atom. The van der Waals surface area contributed by atoms with E-state index in [0.717, 1.165) is 5.56 Å². The molecular weight excluding hydrogens is 380 g/mol. The molecule has 0 radical (unpaired) electrons. The van der Waals surface area contributed by atoms with Gasteiger partial charge in [-0.25, -0.2) is 9.31 Å². The summed E-state index contributed by atoms with van der Waals surface area (Å²) in [6, 6.07) is 9.11. The van der Waals surface area contributed by atoms with E-state index >= 15 is 0 Å². The molecule has 7 nitrogen and oxygen atoms in total. The van der Waals surface area contributed by atoms with E-state index in [1.807, 2.05) is 52.0 Å². The summed E-state index contributed by atoms with van der Waals surface area (Å²) in [5.74, 6) is 0.386. The van der Waals surface area contributed by atoms with Crippen molar-refractivity contribution in [3.8, 4) is 5.75 Å². The number of fused-ring (bicyclic) bond motifs is 1. The van der Waals surface area contributed by atoms with E-state index in [4.69, 9.17) is 21.1 Å². The third-order valence-electron chi connectivity index (χ3n) is 3.95. The molecule has 28 heavy (non-hydrogen) atoms. The molecule has 1 atom stereocenters. The predicted octanol–water partition coefficient (Wildman–Crippen LogP) is 4.52. The van der Waals surface area contributed by atoms with Crippen molar-refractivity contribution in [3.05, 3.63) is 52.7 Å². The minimum Gasteiger partial charge on any atom is -0.493 e. The number of nitrogens with zero attached hydrogens (tertiary/aromatic N) is 3. The number of ether oxygens (including phenoxy) is 2. The van der Waals surface area contributed by atoms with Gasteiger partial charge in [0.1, 0.15) is 5.60 Å². The first kappa shape index (κ1) is 19.9. The molecule has 2 heterocycles. The fourth-order valence-electron chi connectivity index (χ4n) is 2.67. The molecule has 0 spiro atoms. The SMILES string of the molecule is COc1cc(C(=O)OC(C)(C)C)cn2nc(NC(C)c3cccc(Cl)c3)nc12. The maximum absolute atomic E-state index is 12.4. The highest BCUT2D eigenvalue weighted by molar-refractivity contribution is 6.30. The number of hydrogen-bond acceptors (Lipinski definition) is 6. The van der Waals surface area contributed by atoms with Crippen molar-refractivity contribution >= 4 is 29.2 Å². The van der Waals surface area contributed by atoms with Crippen LogP contribution in [-0.2, 0) is 4.74 Å². The third-order valence-corrected chi connectivity index (χ3v) is 4.18. The molecule has 3 aromatic rings. The largest absolute Gasteiger partial charge is 0.493 e. The molecule has 0 amide bonds. The number of benzene rings is 1. The van der Waals surface area contributed by atoms with Crippen LogP contribution < -0.4 is 10.1 Å². The van der Waals surface area contributed by atoms with Crippen LogP contribution in [0.1, 0.15) is 49.7 Å². The first-order valence-corrected chi connectivity index (χ1v) is 9.24. The number of methoxy groups -OCH3 is 1. The molecule has 3 rings (SSSR count). The van der Waals surface area contributed by atoms with Crippen molar-refractivity contribution in [2.75, 3.05) is 12.4 Å². The maximum atomic E-state index is 12.4. The van der Waals surface area contributed by atoms with Crippen LogP contribution in [0.2, 0.25) is 5.02 Å². The molecule has 0 saturated carbocycles. The smallest absolute Gasteiger partial charge is 0.340 e. The van der Waals surface area contributed by atoms with Crippen molar-refractivity contribution in [2.24, 2.45) is 0 Å². The second kappa shape index (κ2) is 7.67. The first-order chi connectivity index (χ1) is 13.2. The fourth-order valence-corrected chi connectivity index (χ4v) is 2.87. The number of esters is 1. The Morgan fingerprint density at radius 2 is 2.04 bits per heavy atom. The summed E-state index contributed by atoms with van der Waals surface area (Å²) in [6.07, 6.45) is 1.58. The molecule has 0 aliphatic heterocycles. The van der Waals surface area contributed by atoms with E-state index in [0.29, 0.717) is 27.9 Å². The van der Waals surface area contributed by atoms with E-state index in [1.54, 1.807) is 12.3 Å². The van der Waals surface area contributed by atoms with E-state index < -0.39 is 11.6 Å². The molecule has 0 fully saturated rings. The van der Waals surface area contributed by atoms with E-state index in [9.17, 15) is 4.79 Å². The lowest BCUT2D eigenvalue weighted by Crippen LogP contribution is -2.24. The normalized spacial score (nSPS) is 12.6. The average Bonchev–Trinajstić information content (AvgIpc) is 3.01. The van der Waals surface area contributed by atoms with Crippen molar-refractivity contribution in [1.82, 2.24) is 14.6 Å². The Bertz CT molecular complexity index is 1010. The molecule has 2 aromatic heterocycles. The second-order valence-corrected chi connectivity index (χ2v) is 7.86. The summed E-state index contributed by atoms with van der Waals surface area (Å²) in [7, 11) is 1.52. The third kappa shape index (κ3) is 4.54. The van der Waals surface area contributed by atoms with Gasteiger partial charge in [-0.1, -0.05) is 23.7 Å².